The van der Waals surface area contributed by atoms with Crippen LogP contribution in [-0.4, -0.2) is 21.0 Å². The Morgan fingerprint density at radius 1 is 1.07 bits per heavy atom. The minimum Gasteiger partial charge on any atom is -0.392 e. The molecule has 30 heavy (non-hydrogen) atoms. The highest BCUT2D eigenvalue weighted by Gasteiger charge is 2.14. The van der Waals surface area contributed by atoms with Gasteiger partial charge in [0.1, 0.15) is 0 Å². The van der Waals surface area contributed by atoms with Crippen molar-refractivity contribution in [3.63, 3.8) is 0 Å². The number of rotatable bonds is 7. The van der Waals surface area contributed by atoms with E-state index in [2.05, 4.69) is 15.3 Å². The predicted octanol–water partition coefficient (Wildman–Crippen LogP) is 4.29. The van der Waals surface area contributed by atoms with Crippen LogP contribution in [0.15, 0.2) is 48.7 Å². The zero-order chi connectivity index (χ0) is 21.7. The van der Waals surface area contributed by atoms with Crippen molar-refractivity contribution in [2.45, 2.75) is 33.3 Å². The van der Waals surface area contributed by atoms with E-state index < -0.39 is 11.6 Å². The second kappa shape index (κ2) is 9.54. The summed E-state index contributed by atoms with van der Waals surface area (Å²) in [5.41, 5.74) is 3.33. The summed E-state index contributed by atoms with van der Waals surface area (Å²) in [6, 6.07) is 10.7. The van der Waals surface area contributed by atoms with Crippen LogP contribution in [0.3, 0.4) is 0 Å². The van der Waals surface area contributed by atoms with Crippen molar-refractivity contribution < 1.29 is 18.7 Å². The number of halogens is 2. The second-order valence-electron chi connectivity index (χ2n) is 7.48. The average molecular weight is 411 g/mol. The van der Waals surface area contributed by atoms with Crippen LogP contribution in [0.25, 0.3) is 11.3 Å². The molecule has 0 atom stereocenters. The average Bonchev–Trinajstić information content (AvgIpc) is 2.72. The quantitative estimate of drug-likeness (QED) is 0.608. The summed E-state index contributed by atoms with van der Waals surface area (Å²) in [4.78, 5) is 21.5. The summed E-state index contributed by atoms with van der Waals surface area (Å²) in [6.07, 6.45) is 2.08. The molecule has 2 aromatic carbocycles. The first-order chi connectivity index (χ1) is 14.4. The van der Waals surface area contributed by atoms with Crippen LogP contribution in [-0.2, 0) is 24.2 Å². The third-order valence-electron chi connectivity index (χ3n) is 4.49. The second-order valence-corrected chi connectivity index (χ2v) is 7.48. The normalized spacial score (nSPS) is 11.0. The number of nitrogens with zero attached hydrogens (tertiary/aromatic N) is 2. The molecule has 2 N–H and O–H groups in total. The molecule has 0 spiro atoms. The highest BCUT2D eigenvalue weighted by atomic mass is 19.2. The van der Waals surface area contributed by atoms with Crippen LogP contribution in [0, 0.1) is 17.6 Å². The molecule has 0 fully saturated rings. The molecular formula is C23H23F2N3O2. The highest BCUT2D eigenvalue weighted by Crippen LogP contribution is 2.22. The molecule has 0 saturated heterocycles. The zero-order valence-corrected chi connectivity index (χ0v) is 16.8. The number of aromatic nitrogens is 2. The van der Waals surface area contributed by atoms with E-state index in [1.165, 1.54) is 6.07 Å². The molecule has 0 aliphatic heterocycles. The molecule has 156 valence electrons. The lowest BCUT2D eigenvalue weighted by Crippen LogP contribution is -2.18. The van der Waals surface area contributed by atoms with Crippen molar-refractivity contribution in [3.05, 3.63) is 77.1 Å². The number of carbonyl (C=O) groups excluding carboxylic acids is 1. The van der Waals surface area contributed by atoms with Gasteiger partial charge in [-0.05, 0) is 35.6 Å². The Labute approximate surface area is 173 Å². The van der Waals surface area contributed by atoms with E-state index in [1.54, 1.807) is 6.20 Å². The molecule has 7 heteroatoms. The number of carbonyl (C=O) groups is 1. The third kappa shape index (κ3) is 5.45. The van der Waals surface area contributed by atoms with Crippen molar-refractivity contribution in [1.29, 1.82) is 0 Å². The van der Waals surface area contributed by atoms with E-state index in [0.717, 1.165) is 23.3 Å². The molecule has 3 rings (SSSR count). The van der Waals surface area contributed by atoms with Crippen LogP contribution < -0.4 is 5.32 Å². The Kier molecular flexibility index (Phi) is 6.84. The number of anilines is 1. The van der Waals surface area contributed by atoms with E-state index >= 15 is 0 Å². The maximum absolute atomic E-state index is 13.4. The van der Waals surface area contributed by atoms with Crippen molar-refractivity contribution in [2.75, 3.05) is 5.32 Å². The molecule has 1 aromatic heterocycles. The van der Waals surface area contributed by atoms with E-state index in [-0.39, 0.29) is 24.9 Å². The number of benzene rings is 2. The van der Waals surface area contributed by atoms with Gasteiger partial charge in [-0.2, -0.15) is 0 Å². The largest absolute Gasteiger partial charge is 0.392 e. The summed E-state index contributed by atoms with van der Waals surface area (Å²) in [5.74, 6) is -1.69. The predicted molar refractivity (Wildman–Crippen MR) is 111 cm³/mol. The zero-order valence-electron chi connectivity index (χ0n) is 16.8. The van der Waals surface area contributed by atoms with Crippen molar-refractivity contribution >= 4 is 11.7 Å². The van der Waals surface area contributed by atoms with Crippen LogP contribution in [0.4, 0.5) is 14.6 Å². The third-order valence-corrected chi connectivity index (χ3v) is 4.49. The van der Waals surface area contributed by atoms with Gasteiger partial charge in [-0.15, -0.1) is 0 Å². The van der Waals surface area contributed by atoms with E-state index in [1.807, 2.05) is 38.1 Å². The summed E-state index contributed by atoms with van der Waals surface area (Å²) >= 11 is 0. The molecule has 0 radical (unpaired) electrons. The van der Waals surface area contributed by atoms with Gasteiger partial charge in [0, 0.05) is 5.56 Å². The van der Waals surface area contributed by atoms with Crippen LogP contribution in [0.2, 0.25) is 0 Å². The number of aliphatic hydroxyl groups is 1. The van der Waals surface area contributed by atoms with Gasteiger partial charge in [-0.1, -0.05) is 44.2 Å². The first-order valence-electron chi connectivity index (χ1n) is 9.65. The van der Waals surface area contributed by atoms with Gasteiger partial charge >= 0.3 is 0 Å². The Balaban J connectivity index is 1.81. The number of aliphatic hydroxyl groups excluding tert-OH is 1. The first-order valence-corrected chi connectivity index (χ1v) is 9.65. The molecule has 0 aliphatic carbocycles. The molecule has 5 nitrogen and oxygen atoms in total. The minimum absolute atomic E-state index is 0.0342. The number of nitrogens with one attached hydrogen (secondary N) is 1. The SMILES string of the molecule is CC(C)Cc1nc(-c2ccc(CO)cc2)cnc1NC(=O)Cc1ccc(F)c(F)c1. The Bertz CT molecular complexity index is 1040. The van der Waals surface area contributed by atoms with Crippen molar-refractivity contribution in [3.8, 4) is 11.3 Å². The van der Waals surface area contributed by atoms with E-state index in [0.29, 0.717) is 29.2 Å². The van der Waals surface area contributed by atoms with Gasteiger partial charge in [-0.25, -0.2) is 18.7 Å². The van der Waals surface area contributed by atoms with E-state index in [4.69, 9.17) is 0 Å². The van der Waals surface area contributed by atoms with Gasteiger partial charge in [0.05, 0.1) is 30.6 Å². The van der Waals surface area contributed by atoms with Crippen LogP contribution >= 0.6 is 0 Å². The fraction of sp³-hybridized carbons (Fsp3) is 0.261. The Hall–Kier alpha value is -3.19. The Morgan fingerprint density at radius 3 is 2.40 bits per heavy atom. The standard InChI is InChI=1S/C23H23F2N3O2/c1-14(2)9-20-23(28-22(30)11-16-5-8-18(24)19(25)10-16)26-12-21(27-20)17-6-3-15(13-29)4-7-17/h3-8,10,12,14,29H,9,11,13H2,1-2H3,(H,26,28,30). The maximum Gasteiger partial charge on any atom is 0.229 e. The highest BCUT2D eigenvalue weighted by molar-refractivity contribution is 5.92. The molecular weight excluding hydrogens is 388 g/mol. The first kappa shape index (κ1) is 21.5. The van der Waals surface area contributed by atoms with Gasteiger partial charge in [0.2, 0.25) is 5.91 Å². The lowest BCUT2D eigenvalue weighted by atomic mass is 10.1. The Morgan fingerprint density at radius 2 is 1.77 bits per heavy atom. The molecule has 3 aromatic rings. The maximum atomic E-state index is 13.4. The number of amides is 1. The summed E-state index contributed by atoms with van der Waals surface area (Å²) in [7, 11) is 0. The van der Waals surface area contributed by atoms with Gasteiger partial charge in [0.25, 0.3) is 0 Å². The fourth-order valence-corrected chi connectivity index (χ4v) is 2.99. The lowest BCUT2D eigenvalue weighted by Gasteiger charge is -2.13. The summed E-state index contributed by atoms with van der Waals surface area (Å²) in [6.45, 7) is 4.04. The fourth-order valence-electron chi connectivity index (χ4n) is 2.99. The van der Waals surface area contributed by atoms with Crippen molar-refractivity contribution in [2.24, 2.45) is 5.92 Å². The molecule has 0 saturated carbocycles. The van der Waals surface area contributed by atoms with Gasteiger partial charge < -0.3 is 10.4 Å². The molecule has 0 bridgehead atoms. The smallest absolute Gasteiger partial charge is 0.229 e. The number of hydrogen-bond donors (Lipinski definition) is 2. The number of hydrogen-bond acceptors (Lipinski definition) is 4. The van der Waals surface area contributed by atoms with Gasteiger partial charge in [0.15, 0.2) is 17.5 Å². The van der Waals surface area contributed by atoms with Gasteiger partial charge in [-0.3, -0.25) is 4.79 Å². The van der Waals surface area contributed by atoms with Crippen molar-refractivity contribution in [1.82, 2.24) is 9.97 Å². The van der Waals surface area contributed by atoms with Crippen LogP contribution in [0.1, 0.15) is 30.7 Å². The lowest BCUT2D eigenvalue weighted by molar-refractivity contribution is -0.115. The summed E-state index contributed by atoms with van der Waals surface area (Å²) < 4.78 is 26.4. The molecule has 0 aliphatic rings. The molecule has 1 heterocycles. The molecule has 0 unspecified atom stereocenters. The minimum atomic E-state index is -0.989. The topological polar surface area (TPSA) is 75.1 Å². The summed E-state index contributed by atoms with van der Waals surface area (Å²) in [5, 5.41) is 11.9. The van der Waals surface area contributed by atoms with Crippen LogP contribution in [0.5, 0.6) is 0 Å². The monoisotopic (exact) mass is 411 g/mol. The van der Waals surface area contributed by atoms with E-state index in [9.17, 15) is 18.7 Å². The molecule has 1 amide bonds.